The van der Waals surface area contributed by atoms with Crippen molar-refractivity contribution in [2.24, 2.45) is 0 Å². The van der Waals surface area contributed by atoms with E-state index in [4.69, 9.17) is 4.74 Å². The highest BCUT2D eigenvalue weighted by Crippen LogP contribution is 2.40. The standard InChI is InChI=1S/C26H20F4N2O3/c1-34-19-6-7-22-21(13-19)20-8-9-32(25(33)15-10-16(27)12-17(28)11-15)24(23(20)31-22)14-2-4-18(5-3-14)35-26(29)30/h2-7,10-13,24,26,31H,8-9H2,1H3/t24-/m0/s1. The number of ether oxygens (including phenoxy) is 2. The topological polar surface area (TPSA) is 54.6 Å². The second kappa shape index (κ2) is 8.98. The number of halogens is 4. The van der Waals surface area contributed by atoms with Crippen LogP contribution in [0.3, 0.4) is 0 Å². The van der Waals surface area contributed by atoms with Crippen molar-refractivity contribution in [2.75, 3.05) is 13.7 Å². The Kier molecular flexibility index (Phi) is 5.84. The minimum Gasteiger partial charge on any atom is -0.497 e. The van der Waals surface area contributed by atoms with Crippen LogP contribution in [-0.4, -0.2) is 36.1 Å². The highest BCUT2D eigenvalue weighted by Gasteiger charge is 2.35. The zero-order chi connectivity index (χ0) is 24.7. The average molecular weight is 484 g/mol. The molecule has 0 unspecified atom stereocenters. The second-order valence-corrected chi connectivity index (χ2v) is 8.19. The van der Waals surface area contributed by atoms with Crippen molar-refractivity contribution in [3.05, 3.63) is 94.7 Å². The number of nitrogens with one attached hydrogen (secondary N) is 1. The van der Waals surface area contributed by atoms with E-state index < -0.39 is 30.2 Å². The maximum Gasteiger partial charge on any atom is 0.387 e. The Hall–Kier alpha value is -4.01. The molecule has 2 heterocycles. The van der Waals surface area contributed by atoms with Gasteiger partial charge in [0.25, 0.3) is 5.91 Å². The van der Waals surface area contributed by atoms with Crippen LogP contribution in [0.2, 0.25) is 0 Å². The van der Waals surface area contributed by atoms with Crippen LogP contribution in [0.15, 0.2) is 60.7 Å². The molecule has 1 aliphatic rings. The van der Waals surface area contributed by atoms with Gasteiger partial charge in [0.1, 0.15) is 23.1 Å². The summed E-state index contributed by atoms with van der Waals surface area (Å²) < 4.78 is 62.8. The van der Waals surface area contributed by atoms with Crippen molar-refractivity contribution in [3.63, 3.8) is 0 Å². The summed E-state index contributed by atoms with van der Waals surface area (Å²) in [6, 6.07) is 13.6. The number of H-pyrrole nitrogens is 1. The Morgan fingerprint density at radius 2 is 1.69 bits per heavy atom. The molecule has 1 amide bonds. The highest BCUT2D eigenvalue weighted by atomic mass is 19.3. The van der Waals surface area contributed by atoms with Crippen LogP contribution in [0, 0.1) is 11.6 Å². The molecule has 0 radical (unpaired) electrons. The summed E-state index contributed by atoms with van der Waals surface area (Å²) in [5.41, 5.74) is 3.05. The Labute approximate surface area is 197 Å². The van der Waals surface area contributed by atoms with Gasteiger partial charge in [0.2, 0.25) is 0 Å². The van der Waals surface area contributed by atoms with Crippen LogP contribution in [0.4, 0.5) is 17.6 Å². The summed E-state index contributed by atoms with van der Waals surface area (Å²) in [7, 11) is 1.57. The van der Waals surface area contributed by atoms with Crippen LogP contribution in [0.1, 0.15) is 33.2 Å². The number of aromatic amines is 1. The van der Waals surface area contributed by atoms with Crippen LogP contribution < -0.4 is 9.47 Å². The third-order valence-electron chi connectivity index (χ3n) is 6.13. The molecule has 0 bridgehead atoms. The number of carbonyl (C=O) groups excluding carboxylic acids is 1. The molecule has 0 saturated carbocycles. The summed E-state index contributed by atoms with van der Waals surface area (Å²) >= 11 is 0. The van der Waals surface area contributed by atoms with Crippen molar-refractivity contribution in [1.29, 1.82) is 0 Å². The van der Waals surface area contributed by atoms with Gasteiger partial charge < -0.3 is 19.4 Å². The van der Waals surface area contributed by atoms with Crippen LogP contribution in [0.25, 0.3) is 10.9 Å². The summed E-state index contributed by atoms with van der Waals surface area (Å²) in [5.74, 6) is -1.60. The molecule has 0 fully saturated rings. The van der Waals surface area contributed by atoms with E-state index in [1.807, 2.05) is 18.2 Å². The number of alkyl halides is 2. The van der Waals surface area contributed by atoms with E-state index in [1.165, 1.54) is 17.0 Å². The molecule has 0 spiro atoms. The fraction of sp³-hybridized carbons (Fsp3) is 0.192. The van der Waals surface area contributed by atoms with Gasteiger partial charge in [0.15, 0.2) is 0 Å². The van der Waals surface area contributed by atoms with Crippen LogP contribution >= 0.6 is 0 Å². The molecule has 1 N–H and O–H groups in total. The summed E-state index contributed by atoms with van der Waals surface area (Å²) in [5, 5.41) is 0.936. The van der Waals surface area contributed by atoms with E-state index in [-0.39, 0.29) is 17.9 Å². The lowest BCUT2D eigenvalue weighted by atomic mass is 9.91. The fourth-order valence-corrected chi connectivity index (χ4v) is 4.63. The lowest BCUT2D eigenvalue weighted by Crippen LogP contribution is -2.40. The lowest BCUT2D eigenvalue weighted by molar-refractivity contribution is -0.0498. The number of amides is 1. The van der Waals surface area contributed by atoms with Gasteiger partial charge in [-0.2, -0.15) is 8.78 Å². The van der Waals surface area contributed by atoms with Gasteiger partial charge in [-0.3, -0.25) is 4.79 Å². The molecule has 5 nitrogen and oxygen atoms in total. The summed E-state index contributed by atoms with van der Waals surface area (Å²) in [4.78, 5) is 18.4. The average Bonchev–Trinajstić information content (AvgIpc) is 3.20. The zero-order valence-corrected chi connectivity index (χ0v) is 18.5. The molecule has 3 aromatic carbocycles. The molecule has 0 aliphatic carbocycles. The van der Waals surface area contributed by atoms with Gasteiger partial charge in [-0.05, 0) is 60.0 Å². The first-order valence-electron chi connectivity index (χ1n) is 10.8. The number of nitrogens with zero attached hydrogens (tertiary/aromatic N) is 1. The molecule has 1 atom stereocenters. The maximum absolute atomic E-state index is 13.9. The second-order valence-electron chi connectivity index (χ2n) is 8.19. The molecule has 1 aromatic heterocycles. The largest absolute Gasteiger partial charge is 0.497 e. The maximum atomic E-state index is 13.9. The molecular formula is C26H20F4N2O3. The van der Waals surface area contributed by atoms with E-state index in [9.17, 15) is 22.4 Å². The number of aromatic nitrogens is 1. The van der Waals surface area contributed by atoms with Crippen molar-refractivity contribution >= 4 is 16.8 Å². The van der Waals surface area contributed by atoms with E-state index >= 15 is 0 Å². The minimum absolute atomic E-state index is 0.0220. The number of methoxy groups -OCH3 is 1. The number of carbonyl (C=O) groups is 1. The molecule has 5 rings (SSSR count). The normalized spacial score (nSPS) is 15.4. The van der Waals surface area contributed by atoms with Crippen LogP contribution in [-0.2, 0) is 6.42 Å². The van der Waals surface area contributed by atoms with Crippen molar-refractivity contribution in [2.45, 2.75) is 19.1 Å². The number of hydrogen-bond donors (Lipinski definition) is 1. The molecule has 35 heavy (non-hydrogen) atoms. The SMILES string of the molecule is COc1ccc2[nH]c3c(c2c1)CCN(C(=O)c1cc(F)cc(F)c1)[C@H]3c1ccc(OC(F)F)cc1. The first-order chi connectivity index (χ1) is 16.8. The predicted octanol–water partition coefficient (Wildman–Crippen LogP) is 5.84. The monoisotopic (exact) mass is 484 g/mol. The quantitative estimate of drug-likeness (QED) is 0.362. The van der Waals surface area contributed by atoms with Crippen molar-refractivity contribution in [1.82, 2.24) is 9.88 Å². The molecule has 9 heteroatoms. The van der Waals surface area contributed by atoms with Crippen molar-refractivity contribution in [3.8, 4) is 11.5 Å². The van der Waals surface area contributed by atoms with Crippen LogP contribution in [0.5, 0.6) is 11.5 Å². The number of rotatable bonds is 5. The third-order valence-corrected chi connectivity index (χ3v) is 6.13. The van der Waals surface area contributed by atoms with E-state index in [0.717, 1.165) is 34.3 Å². The Bertz CT molecular complexity index is 1380. The number of benzene rings is 3. The summed E-state index contributed by atoms with van der Waals surface area (Å²) in [6.07, 6.45) is 0.495. The lowest BCUT2D eigenvalue weighted by Gasteiger charge is -2.36. The van der Waals surface area contributed by atoms with Gasteiger partial charge in [-0.25, -0.2) is 8.78 Å². The molecular weight excluding hydrogens is 464 g/mol. The fourth-order valence-electron chi connectivity index (χ4n) is 4.63. The molecule has 4 aromatic rings. The van der Waals surface area contributed by atoms with E-state index in [2.05, 4.69) is 9.72 Å². The van der Waals surface area contributed by atoms with Gasteiger partial charge in [0, 0.05) is 34.8 Å². The highest BCUT2D eigenvalue weighted by molar-refractivity contribution is 5.95. The van der Waals surface area contributed by atoms with E-state index in [1.54, 1.807) is 19.2 Å². The third kappa shape index (κ3) is 4.29. The minimum atomic E-state index is -2.97. The molecule has 1 aliphatic heterocycles. The summed E-state index contributed by atoms with van der Waals surface area (Å²) in [6.45, 7) is -2.69. The predicted molar refractivity (Wildman–Crippen MR) is 121 cm³/mol. The number of hydrogen-bond acceptors (Lipinski definition) is 3. The van der Waals surface area contributed by atoms with E-state index in [0.29, 0.717) is 23.8 Å². The first kappa shape index (κ1) is 22.8. The first-order valence-corrected chi connectivity index (χ1v) is 10.8. The smallest absolute Gasteiger partial charge is 0.387 e. The molecule has 180 valence electrons. The Morgan fingerprint density at radius 3 is 2.34 bits per heavy atom. The van der Waals surface area contributed by atoms with Gasteiger partial charge in [0.05, 0.1) is 13.2 Å². The van der Waals surface area contributed by atoms with Gasteiger partial charge in [-0.15, -0.1) is 0 Å². The Balaban J connectivity index is 1.63. The van der Waals surface area contributed by atoms with Gasteiger partial charge in [-0.1, -0.05) is 12.1 Å². The molecule has 0 saturated heterocycles. The number of fused-ring (bicyclic) bond motifs is 3. The van der Waals surface area contributed by atoms with Gasteiger partial charge >= 0.3 is 6.61 Å². The Morgan fingerprint density at radius 1 is 1.00 bits per heavy atom. The zero-order valence-electron chi connectivity index (χ0n) is 18.5. The van der Waals surface area contributed by atoms with Crippen molar-refractivity contribution < 1.29 is 31.8 Å².